The van der Waals surface area contributed by atoms with Gasteiger partial charge in [-0.1, -0.05) is 6.92 Å². The van der Waals surface area contributed by atoms with Crippen molar-refractivity contribution in [2.75, 3.05) is 18.4 Å². The van der Waals surface area contributed by atoms with Crippen LogP contribution < -0.4 is 10.6 Å². The minimum Gasteiger partial charge on any atom is -0.366 e. The van der Waals surface area contributed by atoms with Crippen molar-refractivity contribution in [2.24, 2.45) is 0 Å². The molecule has 0 saturated carbocycles. The van der Waals surface area contributed by atoms with Gasteiger partial charge >= 0.3 is 0 Å². The Bertz CT molecular complexity index is 617. The molecule has 0 spiro atoms. The molecule has 2 rings (SSSR count). The van der Waals surface area contributed by atoms with E-state index in [-0.39, 0.29) is 29.2 Å². The molecule has 138 valence electrons. The summed E-state index contributed by atoms with van der Waals surface area (Å²) in [4.78, 5) is 28.8. The van der Waals surface area contributed by atoms with Crippen LogP contribution in [0.25, 0.3) is 0 Å². The first kappa shape index (κ1) is 19.1. The molecule has 0 aliphatic carbocycles. The van der Waals surface area contributed by atoms with Gasteiger partial charge in [-0.15, -0.1) is 0 Å². The predicted octanol–water partition coefficient (Wildman–Crippen LogP) is 2.17. The van der Waals surface area contributed by atoms with Crippen molar-refractivity contribution in [3.63, 3.8) is 0 Å². The minimum atomic E-state index is -0.466. The number of rotatable bonds is 7. The second kappa shape index (κ2) is 7.77. The third-order valence-electron chi connectivity index (χ3n) is 4.80. The Morgan fingerprint density at radius 1 is 1.52 bits per heavy atom. The Morgan fingerprint density at radius 3 is 2.80 bits per heavy atom. The Morgan fingerprint density at radius 2 is 2.24 bits per heavy atom. The first-order valence-corrected chi connectivity index (χ1v) is 8.65. The Labute approximate surface area is 148 Å². The van der Waals surface area contributed by atoms with Crippen LogP contribution in [0.4, 0.5) is 11.5 Å². The van der Waals surface area contributed by atoms with Crippen molar-refractivity contribution >= 4 is 17.4 Å². The predicted molar refractivity (Wildman–Crippen MR) is 96.5 cm³/mol. The van der Waals surface area contributed by atoms with Gasteiger partial charge in [-0.3, -0.25) is 19.8 Å². The fourth-order valence-electron chi connectivity index (χ4n) is 2.74. The largest absolute Gasteiger partial charge is 0.366 e. The van der Waals surface area contributed by atoms with E-state index >= 15 is 0 Å². The normalized spacial score (nSPS) is 19.4. The number of pyridine rings is 1. The summed E-state index contributed by atoms with van der Waals surface area (Å²) in [5, 5.41) is 17.0. The number of hydrogen-bond acceptors (Lipinski definition) is 6. The van der Waals surface area contributed by atoms with Crippen molar-refractivity contribution < 1.29 is 9.72 Å². The van der Waals surface area contributed by atoms with Crippen LogP contribution in [-0.2, 0) is 4.79 Å². The molecular formula is C17H27N5O3. The SMILES string of the molecule is CCC(C)(C)NC(=O)[C@@H](C)N1CC[C@H](Nc2ccc([N+](=O)[O-])cn2)C1. The van der Waals surface area contributed by atoms with Crippen LogP contribution in [0, 0.1) is 10.1 Å². The molecule has 0 bridgehead atoms. The molecule has 0 unspecified atom stereocenters. The number of aromatic nitrogens is 1. The molecule has 0 radical (unpaired) electrons. The van der Waals surface area contributed by atoms with Gasteiger partial charge in [0, 0.05) is 30.7 Å². The van der Waals surface area contributed by atoms with Gasteiger partial charge in [-0.05, 0) is 39.7 Å². The molecule has 1 aromatic heterocycles. The lowest BCUT2D eigenvalue weighted by atomic mass is 10.0. The summed E-state index contributed by atoms with van der Waals surface area (Å²) in [5.74, 6) is 0.655. The van der Waals surface area contributed by atoms with Crippen LogP contribution >= 0.6 is 0 Å². The topological polar surface area (TPSA) is 100 Å². The number of nitrogens with one attached hydrogen (secondary N) is 2. The molecule has 1 aliphatic heterocycles. The molecule has 8 nitrogen and oxygen atoms in total. The second-order valence-electron chi connectivity index (χ2n) is 7.19. The number of nitro groups is 1. The maximum Gasteiger partial charge on any atom is 0.287 e. The molecule has 2 heterocycles. The van der Waals surface area contributed by atoms with Gasteiger partial charge in [0.1, 0.15) is 12.0 Å². The number of nitrogens with zero attached hydrogens (tertiary/aromatic N) is 3. The highest BCUT2D eigenvalue weighted by Crippen LogP contribution is 2.19. The van der Waals surface area contributed by atoms with Crippen molar-refractivity contribution in [1.29, 1.82) is 0 Å². The van der Waals surface area contributed by atoms with Crippen molar-refractivity contribution in [3.05, 3.63) is 28.4 Å². The molecule has 1 aromatic rings. The summed E-state index contributed by atoms with van der Waals surface area (Å²) in [6.07, 6.45) is 3.02. The van der Waals surface area contributed by atoms with E-state index in [0.29, 0.717) is 5.82 Å². The smallest absolute Gasteiger partial charge is 0.287 e. The zero-order valence-electron chi connectivity index (χ0n) is 15.3. The monoisotopic (exact) mass is 349 g/mol. The maximum atomic E-state index is 12.4. The van der Waals surface area contributed by atoms with Crippen LogP contribution in [0.1, 0.15) is 40.5 Å². The van der Waals surface area contributed by atoms with Gasteiger partial charge in [-0.25, -0.2) is 4.98 Å². The lowest BCUT2D eigenvalue weighted by Crippen LogP contribution is -2.51. The molecule has 2 atom stereocenters. The summed E-state index contributed by atoms with van der Waals surface area (Å²) >= 11 is 0. The summed E-state index contributed by atoms with van der Waals surface area (Å²) in [5.41, 5.74) is -0.229. The Balaban J connectivity index is 1.88. The van der Waals surface area contributed by atoms with Gasteiger partial charge in [-0.2, -0.15) is 0 Å². The van der Waals surface area contributed by atoms with Crippen LogP contribution in [0.15, 0.2) is 18.3 Å². The van der Waals surface area contributed by atoms with Crippen molar-refractivity contribution in [2.45, 2.75) is 58.2 Å². The summed E-state index contributed by atoms with van der Waals surface area (Å²) in [7, 11) is 0. The van der Waals surface area contributed by atoms with Crippen molar-refractivity contribution in [1.82, 2.24) is 15.2 Å². The number of likely N-dealkylation sites (tertiary alicyclic amines) is 1. The van der Waals surface area contributed by atoms with Gasteiger partial charge in [0.2, 0.25) is 5.91 Å². The quantitative estimate of drug-likeness (QED) is 0.578. The van der Waals surface area contributed by atoms with Crippen LogP contribution in [0.5, 0.6) is 0 Å². The van der Waals surface area contributed by atoms with Crippen LogP contribution in [0.3, 0.4) is 0 Å². The Hall–Kier alpha value is -2.22. The average molecular weight is 349 g/mol. The van der Waals surface area contributed by atoms with E-state index in [1.807, 2.05) is 20.8 Å². The lowest BCUT2D eigenvalue weighted by Gasteiger charge is -2.30. The zero-order valence-corrected chi connectivity index (χ0v) is 15.3. The van der Waals surface area contributed by atoms with Crippen LogP contribution in [-0.4, -0.2) is 51.4 Å². The molecule has 1 fully saturated rings. The second-order valence-corrected chi connectivity index (χ2v) is 7.19. The first-order valence-electron chi connectivity index (χ1n) is 8.65. The fraction of sp³-hybridized carbons (Fsp3) is 0.647. The van der Waals surface area contributed by atoms with E-state index in [1.165, 1.54) is 12.3 Å². The standard InChI is InChI=1S/C17H27N5O3/c1-5-17(3,4)20-16(23)12(2)21-9-8-13(11-21)19-15-7-6-14(10-18-15)22(24)25/h6-7,10,12-13H,5,8-9,11H2,1-4H3,(H,18,19)(H,20,23)/t12-,13+/m1/s1. The van der Waals surface area contributed by atoms with E-state index in [2.05, 4.69) is 27.4 Å². The molecule has 1 saturated heterocycles. The van der Waals surface area contributed by atoms with Gasteiger partial charge < -0.3 is 10.6 Å². The van der Waals surface area contributed by atoms with Crippen molar-refractivity contribution in [3.8, 4) is 0 Å². The summed E-state index contributed by atoms with van der Waals surface area (Å²) < 4.78 is 0. The molecule has 1 amide bonds. The van der Waals surface area contributed by atoms with E-state index in [1.54, 1.807) is 6.07 Å². The third kappa shape index (κ3) is 5.12. The summed E-state index contributed by atoms with van der Waals surface area (Å²) in [6, 6.07) is 3.02. The number of carbonyl (C=O) groups is 1. The van der Waals surface area contributed by atoms with Gasteiger partial charge in [0.25, 0.3) is 5.69 Å². The highest BCUT2D eigenvalue weighted by Gasteiger charge is 2.31. The highest BCUT2D eigenvalue weighted by atomic mass is 16.6. The van der Waals surface area contributed by atoms with E-state index < -0.39 is 4.92 Å². The molecule has 0 aromatic carbocycles. The minimum absolute atomic E-state index is 0.0255. The number of anilines is 1. The molecule has 8 heteroatoms. The average Bonchev–Trinajstić information content (AvgIpc) is 3.02. The molecule has 2 N–H and O–H groups in total. The number of amides is 1. The van der Waals surface area contributed by atoms with E-state index in [4.69, 9.17) is 0 Å². The van der Waals surface area contributed by atoms with Gasteiger partial charge in [0.05, 0.1) is 11.0 Å². The third-order valence-corrected chi connectivity index (χ3v) is 4.80. The van der Waals surface area contributed by atoms with E-state index in [0.717, 1.165) is 25.9 Å². The zero-order chi connectivity index (χ0) is 18.6. The Kier molecular flexibility index (Phi) is 5.94. The number of carbonyl (C=O) groups excluding carboxylic acids is 1. The highest BCUT2D eigenvalue weighted by molar-refractivity contribution is 5.82. The maximum absolute atomic E-state index is 12.4. The van der Waals surface area contributed by atoms with Crippen LogP contribution in [0.2, 0.25) is 0 Å². The van der Waals surface area contributed by atoms with E-state index in [9.17, 15) is 14.9 Å². The first-order chi connectivity index (χ1) is 11.7. The van der Waals surface area contributed by atoms with Gasteiger partial charge in [0.15, 0.2) is 0 Å². The molecular weight excluding hydrogens is 322 g/mol. The lowest BCUT2D eigenvalue weighted by molar-refractivity contribution is -0.385. The number of hydrogen-bond donors (Lipinski definition) is 2. The fourth-order valence-corrected chi connectivity index (χ4v) is 2.74. The molecule has 25 heavy (non-hydrogen) atoms. The molecule has 1 aliphatic rings. The summed E-state index contributed by atoms with van der Waals surface area (Å²) in [6.45, 7) is 9.58.